The molecule has 0 saturated heterocycles. The third-order valence-corrected chi connectivity index (χ3v) is 2.29. The van der Waals surface area contributed by atoms with Gasteiger partial charge in [-0.1, -0.05) is 23.7 Å². The minimum Gasteiger partial charge on any atom is -0.469 e. The molecule has 0 amide bonds. The third-order valence-electron chi connectivity index (χ3n) is 2.06. The number of esters is 1. The summed E-state index contributed by atoms with van der Waals surface area (Å²) in [6.45, 7) is 1.06. The molecular weight excluding hydrogens is 228 g/mol. The number of hydrogen-bond donors (Lipinski definition) is 0. The molecule has 0 saturated carbocycles. The molecule has 4 heteroatoms. The van der Waals surface area contributed by atoms with Gasteiger partial charge in [-0.05, 0) is 24.1 Å². The molecule has 1 aromatic carbocycles. The quantitative estimate of drug-likeness (QED) is 0.568. The molecule has 0 aliphatic carbocycles. The topological polar surface area (TPSA) is 35.5 Å². The zero-order valence-corrected chi connectivity index (χ0v) is 10.00. The smallest absolute Gasteiger partial charge is 0.305 e. The van der Waals surface area contributed by atoms with Crippen molar-refractivity contribution in [3.8, 4) is 0 Å². The second-order valence-corrected chi connectivity index (χ2v) is 3.80. The van der Waals surface area contributed by atoms with Crippen LogP contribution in [0.2, 0.25) is 5.02 Å². The summed E-state index contributed by atoms with van der Waals surface area (Å²) >= 11 is 5.83. The molecule has 0 heterocycles. The van der Waals surface area contributed by atoms with Crippen molar-refractivity contribution in [1.82, 2.24) is 0 Å². The second kappa shape index (κ2) is 7.25. The fraction of sp³-hybridized carbons (Fsp3) is 0.417. The van der Waals surface area contributed by atoms with Gasteiger partial charge < -0.3 is 9.47 Å². The van der Waals surface area contributed by atoms with E-state index in [1.165, 1.54) is 7.11 Å². The van der Waals surface area contributed by atoms with Gasteiger partial charge in [0, 0.05) is 18.1 Å². The highest BCUT2D eigenvalue weighted by molar-refractivity contribution is 6.30. The average molecular weight is 243 g/mol. The van der Waals surface area contributed by atoms with Crippen molar-refractivity contribution in [3.05, 3.63) is 34.9 Å². The molecule has 16 heavy (non-hydrogen) atoms. The first-order valence-corrected chi connectivity index (χ1v) is 5.49. The lowest BCUT2D eigenvalue weighted by atomic mass is 10.2. The second-order valence-electron chi connectivity index (χ2n) is 3.36. The van der Waals surface area contributed by atoms with E-state index in [1.54, 1.807) is 0 Å². The molecule has 0 unspecified atom stereocenters. The van der Waals surface area contributed by atoms with Crippen LogP contribution in [0.1, 0.15) is 18.4 Å². The molecule has 88 valence electrons. The van der Waals surface area contributed by atoms with Crippen molar-refractivity contribution in [2.45, 2.75) is 19.4 Å². The van der Waals surface area contributed by atoms with E-state index in [4.69, 9.17) is 16.3 Å². The van der Waals surface area contributed by atoms with Crippen LogP contribution < -0.4 is 0 Å². The number of carbonyl (C=O) groups is 1. The van der Waals surface area contributed by atoms with Crippen LogP contribution in [0.4, 0.5) is 0 Å². The minimum absolute atomic E-state index is 0.202. The lowest BCUT2D eigenvalue weighted by Gasteiger charge is -2.04. The highest BCUT2D eigenvalue weighted by atomic mass is 35.5. The van der Waals surface area contributed by atoms with Crippen LogP contribution in [-0.2, 0) is 20.9 Å². The summed E-state index contributed by atoms with van der Waals surface area (Å²) in [6, 6.07) is 7.52. The number of ether oxygens (including phenoxy) is 2. The average Bonchev–Trinajstić information content (AvgIpc) is 2.28. The Morgan fingerprint density at radius 3 is 2.94 bits per heavy atom. The lowest BCUT2D eigenvalue weighted by molar-refractivity contribution is -0.141. The zero-order valence-electron chi connectivity index (χ0n) is 9.24. The van der Waals surface area contributed by atoms with Gasteiger partial charge in [0.25, 0.3) is 0 Å². The normalized spacial score (nSPS) is 10.1. The summed E-state index contributed by atoms with van der Waals surface area (Å²) in [5.74, 6) is -0.202. The van der Waals surface area contributed by atoms with Crippen molar-refractivity contribution >= 4 is 17.6 Å². The molecule has 1 aromatic rings. The number of rotatable bonds is 6. The standard InChI is InChI=1S/C12H15ClO3/c1-15-12(14)6-3-7-16-9-10-4-2-5-11(13)8-10/h2,4-5,8H,3,6-7,9H2,1H3. The van der Waals surface area contributed by atoms with Gasteiger partial charge in [-0.25, -0.2) is 0 Å². The summed E-state index contributed by atoms with van der Waals surface area (Å²) in [7, 11) is 1.38. The van der Waals surface area contributed by atoms with Gasteiger partial charge >= 0.3 is 5.97 Å². The van der Waals surface area contributed by atoms with Crippen molar-refractivity contribution in [2.24, 2.45) is 0 Å². The van der Waals surface area contributed by atoms with Gasteiger partial charge in [0.15, 0.2) is 0 Å². The highest BCUT2D eigenvalue weighted by Gasteiger charge is 1.99. The molecule has 0 bridgehead atoms. The lowest BCUT2D eigenvalue weighted by Crippen LogP contribution is -2.03. The Labute approximate surface area is 100 Å². The highest BCUT2D eigenvalue weighted by Crippen LogP contribution is 2.11. The van der Waals surface area contributed by atoms with Crippen molar-refractivity contribution in [3.63, 3.8) is 0 Å². The Morgan fingerprint density at radius 1 is 1.44 bits per heavy atom. The van der Waals surface area contributed by atoms with Gasteiger partial charge in [-0.2, -0.15) is 0 Å². The summed E-state index contributed by atoms with van der Waals surface area (Å²) < 4.78 is 9.92. The minimum atomic E-state index is -0.202. The maximum Gasteiger partial charge on any atom is 0.305 e. The van der Waals surface area contributed by atoms with E-state index in [2.05, 4.69) is 4.74 Å². The Balaban J connectivity index is 2.14. The Kier molecular flexibility index (Phi) is 5.90. The van der Waals surface area contributed by atoms with E-state index in [0.29, 0.717) is 31.1 Å². The van der Waals surface area contributed by atoms with Crippen molar-refractivity contribution in [2.75, 3.05) is 13.7 Å². The molecule has 0 N–H and O–H groups in total. The Hall–Kier alpha value is -1.06. The number of carbonyl (C=O) groups excluding carboxylic acids is 1. The summed E-state index contributed by atoms with van der Waals surface area (Å²) in [5.41, 5.74) is 1.03. The van der Waals surface area contributed by atoms with Gasteiger partial charge in [0.2, 0.25) is 0 Å². The number of halogens is 1. The molecule has 0 atom stereocenters. The Bertz CT molecular complexity index is 339. The first-order chi connectivity index (χ1) is 7.72. The summed E-state index contributed by atoms with van der Waals surface area (Å²) in [6.07, 6.45) is 1.07. The predicted molar refractivity (Wildman–Crippen MR) is 62.4 cm³/mol. The van der Waals surface area contributed by atoms with Gasteiger partial charge in [-0.15, -0.1) is 0 Å². The van der Waals surface area contributed by atoms with Crippen LogP contribution >= 0.6 is 11.6 Å². The van der Waals surface area contributed by atoms with Gasteiger partial charge in [0.05, 0.1) is 13.7 Å². The number of benzene rings is 1. The molecule has 0 aromatic heterocycles. The summed E-state index contributed by atoms with van der Waals surface area (Å²) in [5, 5.41) is 0.704. The van der Waals surface area contributed by atoms with Crippen molar-refractivity contribution < 1.29 is 14.3 Å². The van der Waals surface area contributed by atoms with Gasteiger partial charge in [-0.3, -0.25) is 4.79 Å². The van der Waals surface area contributed by atoms with E-state index in [-0.39, 0.29) is 5.97 Å². The molecule has 0 fully saturated rings. The maximum absolute atomic E-state index is 10.8. The van der Waals surface area contributed by atoms with Crippen LogP contribution in [0, 0.1) is 0 Å². The first kappa shape index (κ1) is 13.0. The fourth-order valence-corrected chi connectivity index (χ4v) is 1.45. The monoisotopic (exact) mass is 242 g/mol. The number of hydrogen-bond acceptors (Lipinski definition) is 3. The Morgan fingerprint density at radius 2 is 2.25 bits per heavy atom. The van der Waals surface area contributed by atoms with Crippen LogP contribution in [0.3, 0.4) is 0 Å². The molecule has 0 aliphatic rings. The van der Waals surface area contributed by atoms with E-state index >= 15 is 0 Å². The van der Waals surface area contributed by atoms with E-state index in [0.717, 1.165) is 5.56 Å². The largest absolute Gasteiger partial charge is 0.469 e. The molecule has 0 aliphatic heterocycles. The molecule has 3 nitrogen and oxygen atoms in total. The maximum atomic E-state index is 10.8. The van der Waals surface area contributed by atoms with Crippen LogP contribution in [0.25, 0.3) is 0 Å². The van der Waals surface area contributed by atoms with E-state index in [9.17, 15) is 4.79 Å². The van der Waals surface area contributed by atoms with Gasteiger partial charge in [0.1, 0.15) is 0 Å². The fourth-order valence-electron chi connectivity index (χ4n) is 1.24. The first-order valence-electron chi connectivity index (χ1n) is 5.11. The van der Waals surface area contributed by atoms with Crippen LogP contribution in [-0.4, -0.2) is 19.7 Å². The molecule has 1 rings (SSSR count). The van der Waals surface area contributed by atoms with E-state index < -0.39 is 0 Å². The molecule has 0 spiro atoms. The van der Waals surface area contributed by atoms with Crippen LogP contribution in [0.5, 0.6) is 0 Å². The SMILES string of the molecule is COC(=O)CCCOCc1cccc(Cl)c1. The summed E-state index contributed by atoms with van der Waals surface area (Å²) in [4.78, 5) is 10.8. The zero-order chi connectivity index (χ0) is 11.8. The van der Waals surface area contributed by atoms with E-state index in [1.807, 2.05) is 24.3 Å². The molecular formula is C12H15ClO3. The van der Waals surface area contributed by atoms with Crippen LogP contribution in [0.15, 0.2) is 24.3 Å². The number of methoxy groups -OCH3 is 1. The third kappa shape index (κ3) is 5.14. The molecule has 0 radical (unpaired) electrons. The predicted octanol–water partition coefficient (Wildman–Crippen LogP) is 2.81. The van der Waals surface area contributed by atoms with Crippen molar-refractivity contribution in [1.29, 1.82) is 0 Å².